The topological polar surface area (TPSA) is 54.1 Å². The van der Waals surface area contributed by atoms with Crippen LogP contribution in [0, 0.1) is 49.2 Å². The second-order valence-corrected chi connectivity index (χ2v) is 14.9. The Kier molecular flexibility index (Phi) is 15.7. The summed E-state index contributed by atoms with van der Waals surface area (Å²) in [7, 11) is 0. The molecule has 0 atom stereocenters. The second kappa shape index (κ2) is 20.2. The molecule has 4 heterocycles. The number of fused-ring (bicyclic) bond motifs is 2. The average molecular weight is 1120 g/mol. The predicted molar refractivity (Wildman–Crippen MR) is 222 cm³/mol. The van der Waals surface area contributed by atoms with E-state index in [1.807, 2.05) is 97.1 Å². The first-order valence-electron chi connectivity index (χ1n) is 18.1. The molecule has 0 bridgehead atoms. The molecule has 0 amide bonds. The third-order valence-corrected chi connectivity index (χ3v) is 8.67. The van der Waals surface area contributed by atoms with Gasteiger partial charge in [0, 0.05) is 91.4 Å². The molecule has 0 fully saturated rings. The molecule has 0 N–H and O–H groups in total. The molecule has 0 saturated heterocycles. The van der Waals surface area contributed by atoms with Gasteiger partial charge in [-0.15, -0.1) is 22.9 Å². The Morgan fingerprint density at radius 3 is 1.21 bits per heavy atom. The zero-order valence-electron chi connectivity index (χ0n) is 32.9. The standard InChI is InChI=1S/C38H32N2O2.2C6H4N.2Pt/c1-37(2,3)29-15-17-39-35(23-29)41-33-21-27(19-25-11-7-9-13-31(25)33)28-20-26-12-8-10-14-32(26)34(22-28)42-36-24-30(16-18-40-36)38(4,5)6;2*1-2-7-5-3-4-6-7;;/h7-18,23-24H,1-6H3;2*3-6H;;/q-4;2*-1;;. The molecule has 0 saturated carbocycles. The summed E-state index contributed by atoms with van der Waals surface area (Å²) >= 11 is 0. The number of aromatic nitrogens is 4. The maximum atomic E-state index is 6.57. The van der Waals surface area contributed by atoms with E-state index in [-0.39, 0.29) is 53.0 Å². The molecular weight excluding hydrogens is 1080 g/mol. The molecule has 0 aliphatic rings. The third kappa shape index (κ3) is 11.7. The maximum absolute atomic E-state index is 6.57. The van der Waals surface area contributed by atoms with Crippen molar-refractivity contribution in [2.45, 2.75) is 52.4 Å². The molecule has 58 heavy (non-hydrogen) atoms. The summed E-state index contributed by atoms with van der Waals surface area (Å²) in [5.41, 5.74) is 3.55. The summed E-state index contributed by atoms with van der Waals surface area (Å²) < 4.78 is 15.9. The van der Waals surface area contributed by atoms with Crippen LogP contribution in [0.4, 0.5) is 0 Å². The molecule has 8 aromatic rings. The first-order chi connectivity index (χ1) is 26.9. The Labute approximate surface area is 371 Å². The van der Waals surface area contributed by atoms with E-state index in [0.717, 1.165) is 32.7 Å². The van der Waals surface area contributed by atoms with Gasteiger partial charge in [0.05, 0.1) is 0 Å². The number of benzene rings is 4. The Bertz CT molecular complexity index is 2460. The van der Waals surface area contributed by atoms with Crippen LogP contribution in [0.5, 0.6) is 23.3 Å². The smallest absolute Gasteiger partial charge is 0.215 e. The van der Waals surface area contributed by atoms with Crippen LogP contribution in [-0.4, -0.2) is 19.1 Å². The van der Waals surface area contributed by atoms with Gasteiger partial charge >= 0.3 is 0 Å². The van der Waals surface area contributed by atoms with Crippen LogP contribution >= 0.6 is 0 Å². The van der Waals surface area contributed by atoms with Crippen LogP contribution in [0.3, 0.4) is 0 Å². The summed E-state index contributed by atoms with van der Waals surface area (Å²) in [5.74, 6) is 2.16. The van der Waals surface area contributed by atoms with E-state index in [1.54, 1.807) is 46.3 Å². The summed E-state index contributed by atoms with van der Waals surface area (Å²) in [4.78, 5) is 8.98. The third-order valence-electron chi connectivity index (χ3n) is 8.67. The van der Waals surface area contributed by atoms with Gasteiger partial charge in [-0.05, 0) is 58.4 Å². The summed E-state index contributed by atoms with van der Waals surface area (Å²) in [5, 5.41) is 3.57. The van der Waals surface area contributed by atoms with Crippen molar-refractivity contribution in [1.29, 1.82) is 0 Å². The van der Waals surface area contributed by atoms with Crippen molar-refractivity contribution in [3.63, 3.8) is 0 Å². The number of nitrogens with zero attached hydrogens (tertiary/aromatic N) is 4. The van der Waals surface area contributed by atoms with Crippen LogP contribution in [0.1, 0.15) is 52.7 Å². The maximum Gasteiger partial charge on any atom is 0.215 e. The van der Waals surface area contributed by atoms with E-state index in [0.29, 0.717) is 34.4 Å². The van der Waals surface area contributed by atoms with E-state index in [4.69, 9.17) is 22.3 Å². The van der Waals surface area contributed by atoms with Crippen molar-refractivity contribution in [2.24, 2.45) is 0 Å². The van der Waals surface area contributed by atoms with Crippen molar-refractivity contribution in [3.8, 4) is 46.5 Å². The number of pyridine rings is 2. The first-order valence-corrected chi connectivity index (χ1v) is 18.1. The fourth-order valence-electron chi connectivity index (χ4n) is 5.58. The SMILES string of the molecule is CC(C)(C)c1ccnc(Oc2[c-]c(-c3[c-]c(Oc4cc(C(C)(C)C)ccn4)c4ccccc4[c-]3)[c-]c3ccccc23)c1.[C-]#Cn1cccc1.[C-]#Cn1cccc1.[Pt].[Pt]. The van der Waals surface area contributed by atoms with E-state index in [9.17, 15) is 0 Å². The number of ether oxygens (including phenoxy) is 2. The van der Waals surface area contributed by atoms with E-state index < -0.39 is 0 Å². The van der Waals surface area contributed by atoms with Crippen LogP contribution in [0.15, 0.2) is 134 Å². The second-order valence-electron chi connectivity index (χ2n) is 14.9. The van der Waals surface area contributed by atoms with Gasteiger partial charge in [0.25, 0.3) is 0 Å². The van der Waals surface area contributed by atoms with E-state index in [2.05, 4.69) is 87.9 Å². The van der Waals surface area contributed by atoms with Gasteiger partial charge in [0.2, 0.25) is 11.8 Å². The molecule has 0 radical (unpaired) electrons. The van der Waals surface area contributed by atoms with E-state index in [1.165, 1.54) is 0 Å². The average Bonchev–Trinajstić information content (AvgIpc) is 3.94. The zero-order valence-corrected chi connectivity index (χ0v) is 37.5. The minimum Gasteiger partial charge on any atom is -0.669 e. The number of rotatable bonds is 5. The predicted octanol–water partition coefficient (Wildman–Crippen LogP) is 11.6. The molecule has 8 rings (SSSR count). The first kappa shape index (κ1) is 45.1. The van der Waals surface area contributed by atoms with Crippen molar-refractivity contribution < 1.29 is 51.6 Å². The summed E-state index contributed by atoms with van der Waals surface area (Å²) in [6, 6.07) is 49.6. The monoisotopic (exact) mass is 1120 g/mol. The molecule has 0 spiro atoms. The van der Waals surface area contributed by atoms with Gasteiger partial charge in [-0.1, -0.05) is 89.4 Å². The Morgan fingerprint density at radius 2 is 0.879 bits per heavy atom. The molecule has 4 aromatic heterocycles. The van der Waals surface area contributed by atoms with Crippen LogP contribution in [0.2, 0.25) is 0 Å². The van der Waals surface area contributed by atoms with Crippen LogP contribution in [-0.2, 0) is 53.0 Å². The quantitative estimate of drug-likeness (QED) is 0.127. The Hall–Kier alpha value is -5.64. The molecule has 6 nitrogen and oxygen atoms in total. The molecule has 0 aliphatic carbocycles. The largest absolute Gasteiger partial charge is 0.669 e. The number of hydrogen-bond acceptors (Lipinski definition) is 4. The van der Waals surface area contributed by atoms with Gasteiger partial charge in [0.1, 0.15) is 0 Å². The molecule has 298 valence electrons. The fraction of sp³-hybridized carbons (Fsp3) is 0.160. The van der Waals surface area contributed by atoms with Gasteiger partial charge in [-0.25, -0.2) is 32.8 Å². The van der Waals surface area contributed by atoms with Crippen molar-refractivity contribution in [2.75, 3.05) is 0 Å². The van der Waals surface area contributed by atoms with Crippen LogP contribution < -0.4 is 9.47 Å². The minimum absolute atomic E-state index is 0. The van der Waals surface area contributed by atoms with Gasteiger partial charge < -0.3 is 66.8 Å². The Morgan fingerprint density at radius 1 is 0.517 bits per heavy atom. The molecule has 0 aliphatic heterocycles. The van der Waals surface area contributed by atoms with Gasteiger partial charge in [-0.3, -0.25) is 0 Å². The molecular formula is C50H40N4O2Pt2-6. The summed E-state index contributed by atoms with van der Waals surface area (Å²) in [6.07, 6.45) is 23.7. The van der Waals surface area contributed by atoms with Gasteiger partial charge in [-0.2, -0.15) is 0 Å². The molecule has 8 heteroatoms. The normalized spacial score (nSPS) is 10.6. The van der Waals surface area contributed by atoms with Crippen molar-refractivity contribution in [3.05, 3.63) is 182 Å². The number of hydrogen-bond donors (Lipinski definition) is 0. The van der Waals surface area contributed by atoms with Crippen molar-refractivity contribution >= 4 is 21.5 Å². The molecule has 4 aromatic carbocycles. The zero-order chi connectivity index (χ0) is 39.7. The fourth-order valence-corrected chi connectivity index (χ4v) is 5.58. The van der Waals surface area contributed by atoms with Crippen LogP contribution in [0.25, 0.3) is 32.7 Å². The Balaban J connectivity index is 0.000000392. The van der Waals surface area contributed by atoms with E-state index >= 15 is 0 Å². The van der Waals surface area contributed by atoms with Crippen molar-refractivity contribution in [1.82, 2.24) is 19.1 Å². The molecule has 0 unspecified atom stereocenters. The van der Waals surface area contributed by atoms with Gasteiger partial charge in [0.15, 0.2) is 0 Å². The minimum atomic E-state index is -0.0326. The summed E-state index contributed by atoms with van der Waals surface area (Å²) in [6.45, 7) is 13.0.